The van der Waals surface area contributed by atoms with Crippen molar-refractivity contribution in [1.29, 1.82) is 0 Å². The van der Waals surface area contributed by atoms with Crippen LogP contribution in [0.1, 0.15) is 27.4 Å². The smallest absolute Gasteiger partial charge is 0.251 e. The zero-order chi connectivity index (χ0) is 23.0. The SMILES string of the molecule is COc1ccc(-c2noc(CNC(=O)c3ccccc3CCc3ccccc3)n2)cc1OC. The highest BCUT2D eigenvalue weighted by Gasteiger charge is 2.15. The molecule has 0 saturated heterocycles. The van der Waals surface area contributed by atoms with Gasteiger partial charge in [0.2, 0.25) is 11.7 Å². The lowest BCUT2D eigenvalue weighted by atomic mass is 9.99. The first-order chi connectivity index (χ1) is 16.2. The van der Waals surface area contributed by atoms with Crippen molar-refractivity contribution >= 4 is 5.91 Å². The highest BCUT2D eigenvalue weighted by Crippen LogP contribution is 2.31. The van der Waals surface area contributed by atoms with Gasteiger partial charge in [0.15, 0.2) is 11.5 Å². The number of nitrogens with zero attached hydrogens (tertiary/aromatic N) is 2. The molecule has 0 saturated carbocycles. The van der Waals surface area contributed by atoms with E-state index in [2.05, 4.69) is 27.6 Å². The van der Waals surface area contributed by atoms with Crippen LogP contribution in [0.4, 0.5) is 0 Å². The Hall–Kier alpha value is -4.13. The number of aromatic nitrogens is 2. The summed E-state index contributed by atoms with van der Waals surface area (Å²) in [5.74, 6) is 1.73. The lowest BCUT2D eigenvalue weighted by Crippen LogP contribution is -2.24. The van der Waals surface area contributed by atoms with Crippen LogP contribution < -0.4 is 14.8 Å². The lowest BCUT2D eigenvalue weighted by Gasteiger charge is -2.09. The molecule has 1 amide bonds. The number of amides is 1. The Morgan fingerprint density at radius 3 is 2.45 bits per heavy atom. The molecule has 0 radical (unpaired) electrons. The number of rotatable bonds is 9. The van der Waals surface area contributed by atoms with E-state index in [1.807, 2.05) is 48.5 Å². The largest absolute Gasteiger partial charge is 0.493 e. The summed E-state index contributed by atoms with van der Waals surface area (Å²) in [4.78, 5) is 17.2. The van der Waals surface area contributed by atoms with E-state index in [0.29, 0.717) is 28.8 Å². The number of hydrogen-bond donors (Lipinski definition) is 1. The molecule has 4 rings (SSSR count). The van der Waals surface area contributed by atoms with Gasteiger partial charge in [0.05, 0.1) is 20.8 Å². The van der Waals surface area contributed by atoms with Crippen molar-refractivity contribution in [2.24, 2.45) is 0 Å². The van der Waals surface area contributed by atoms with E-state index < -0.39 is 0 Å². The van der Waals surface area contributed by atoms with Crippen LogP contribution in [0.5, 0.6) is 11.5 Å². The van der Waals surface area contributed by atoms with Crippen LogP contribution in [0.15, 0.2) is 77.3 Å². The van der Waals surface area contributed by atoms with Gasteiger partial charge >= 0.3 is 0 Å². The minimum Gasteiger partial charge on any atom is -0.493 e. The zero-order valence-corrected chi connectivity index (χ0v) is 18.6. The highest BCUT2D eigenvalue weighted by atomic mass is 16.5. The molecule has 0 spiro atoms. The van der Waals surface area contributed by atoms with Gasteiger partial charge in [-0.1, -0.05) is 53.7 Å². The maximum atomic E-state index is 12.8. The third kappa shape index (κ3) is 5.38. The number of nitrogens with one attached hydrogen (secondary N) is 1. The molecule has 7 heteroatoms. The van der Waals surface area contributed by atoms with Crippen LogP contribution in [0, 0.1) is 0 Å². The number of aryl methyl sites for hydroxylation is 2. The topological polar surface area (TPSA) is 86.5 Å². The molecule has 1 heterocycles. The molecule has 0 aliphatic heterocycles. The number of carbonyl (C=O) groups excluding carboxylic acids is 1. The quantitative estimate of drug-likeness (QED) is 0.411. The first-order valence-electron chi connectivity index (χ1n) is 10.6. The summed E-state index contributed by atoms with van der Waals surface area (Å²) in [6, 6.07) is 23.2. The summed E-state index contributed by atoms with van der Waals surface area (Å²) in [6.07, 6.45) is 1.64. The molecule has 0 aliphatic rings. The average Bonchev–Trinajstić information content (AvgIpc) is 3.35. The summed E-state index contributed by atoms with van der Waals surface area (Å²) >= 11 is 0. The fraction of sp³-hybridized carbons (Fsp3) is 0.192. The average molecular weight is 444 g/mol. The summed E-state index contributed by atoms with van der Waals surface area (Å²) in [6.45, 7) is 0.131. The van der Waals surface area contributed by atoms with Crippen LogP contribution in [0.25, 0.3) is 11.4 Å². The molecule has 33 heavy (non-hydrogen) atoms. The van der Waals surface area contributed by atoms with Gasteiger partial charge in [-0.2, -0.15) is 4.98 Å². The lowest BCUT2D eigenvalue weighted by molar-refractivity contribution is 0.0945. The molecule has 168 valence electrons. The van der Waals surface area contributed by atoms with Crippen LogP contribution in [-0.2, 0) is 19.4 Å². The molecule has 3 aromatic carbocycles. The van der Waals surface area contributed by atoms with Gasteiger partial charge in [0.25, 0.3) is 5.91 Å². The molecular weight excluding hydrogens is 418 g/mol. The number of carbonyl (C=O) groups is 1. The Balaban J connectivity index is 1.40. The number of hydrogen-bond acceptors (Lipinski definition) is 6. The first-order valence-corrected chi connectivity index (χ1v) is 10.6. The van der Waals surface area contributed by atoms with Crippen molar-refractivity contribution in [2.45, 2.75) is 19.4 Å². The standard InChI is InChI=1S/C26H25N3O4/c1-31-22-15-14-20(16-23(22)32-2)25-28-24(33-29-25)17-27-26(30)21-11-7-6-10-19(21)13-12-18-8-4-3-5-9-18/h3-11,14-16H,12-13,17H2,1-2H3,(H,27,30). The number of methoxy groups -OCH3 is 2. The van der Waals surface area contributed by atoms with Gasteiger partial charge in [-0.25, -0.2) is 0 Å². The number of ether oxygens (including phenoxy) is 2. The van der Waals surface area contributed by atoms with E-state index in [0.717, 1.165) is 24.0 Å². The second kappa shape index (κ2) is 10.5. The van der Waals surface area contributed by atoms with E-state index in [1.54, 1.807) is 26.4 Å². The van der Waals surface area contributed by atoms with Crippen molar-refractivity contribution in [1.82, 2.24) is 15.5 Å². The van der Waals surface area contributed by atoms with Gasteiger partial charge < -0.3 is 19.3 Å². The summed E-state index contributed by atoms with van der Waals surface area (Å²) in [5, 5.41) is 6.89. The maximum Gasteiger partial charge on any atom is 0.251 e. The summed E-state index contributed by atoms with van der Waals surface area (Å²) in [7, 11) is 3.14. The minimum atomic E-state index is -0.176. The van der Waals surface area contributed by atoms with Gasteiger partial charge in [-0.15, -0.1) is 0 Å². The van der Waals surface area contributed by atoms with E-state index in [9.17, 15) is 4.79 Å². The molecule has 0 atom stereocenters. The molecule has 4 aromatic rings. The third-order valence-electron chi connectivity index (χ3n) is 5.30. The fourth-order valence-electron chi connectivity index (χ4n) is 3.55. The zero-order valence-electron chi connectivity index (χ0n) is 18.6. The van der Waals surface area contributed by atoms with Crippen LogP contribution >= 0.6 is 0 Å². The molecular formula is C26H25N3O4. The second-order valence-corrected chi connectivity index (χ2v) is 7.41. The van der Waals surface area contributed by atoms with Crippen molar-refractivity contribution < 1.29 is 18.8 Å². The molecule has 1 N–H and O–H groups in total. The second-order valence-electron chi connectivity index (χ2n) is 7.41. The van der Waals surface area contributed by atoms with Crippen LogP contribution in [0.2, 0.25) is 0 Å². The van der Waals surface area contributed by atoms with Crippen LogP contribution in [-0.4, -0.2) is 30.3 Å². The summed E-state index contributed by atoms with van der Waals surface area (Å²) < 4.78 is 15.9. The number of benzene rings is 3. The van der Waals surface area contributed by atoms with Crippen molar-refractivity contribution in [3.8, 4) is 22.9 Å². The van der Waals surface area contributed by atoms with Gasteiger partial charge in [0.1, 0.15) is 0 Å². The normalized spacial score (nSPS) is 10.6. The highest BCUT2D eigenvalue weighted by molar-refractivity contribution is 5.95. The molecule has 0 bridgehead atoms. The summed E-state index contributed by atoms with van der Waals surface area (Å²) in [5.41, 5.74) is 3.60. The Bertz CT molecular complexity index is 1220. The van der Waals surface area contributed by atoms with Crippen molar-refractivity contribution in [3.05, 3.63) is 95.4 Å². The van der Waals surface area contributed by atoms with Crippen molar-refractivity contribution in [3.63, 3.8) is 0 Å². The minimum absolute atomic E-state index is 0.131. The molecule has 7 nitrogen and oxygen atoms in total. The Morgan fingerprint density at radius 2 is 1.67 bits per heavy atom. The van der Waals surface area contributed by atoms with Gasteiger partial charge in [-0.3, -0.25) is 4.79 Å². The Kier molecular flexibility index (Phi) is 6.99. The third-order valence-corrected chi connectivity index (χ3v) is 5.30. The van der Waals surface area contributed by atoms with Gasteiger partial charge in [-0.05, 0) is 48.2 Å². The van der Waals surface area contributed by atoms with Crippen LogP contribution in [0.3, 0.4) is 0 Å². The molecule has 0 unspecified atom stereocenters. The van der Waals surface area contributed by atoms with E-state index in [1.165, 1.54) is 5.56 Å². The van der Waals surface area contributed by atoms with Gasteiger partial charge in [0, 0.05) is 11.1 Å². The monoisotopic (exact) mass is 443 g/mol. The van der Waals surface area contributed by atoms with E-state index in [4.69, 9.17) is 14.0 Å². The Labute approximate surface area is 192 Å². The van der Waals surface area contributed by atoms with E-state index in [-0.39, 0.29) is 12.5 Å². The predicted molar refractivity (Wildman–Crippen MR) is 124 cm³/mol. The Morgan fingerprint density at radius 1 is 0.909 bits per heavy atom. The first kappa shape index (κ1) is 22.1. The molecule has 0 aliphatic carbocycles. The fourth-order valence-corrected chi connectivity index (χ4v) is 3.55. The van der Waals surface area contributed by atoms with E-state index >= 15 is 0 Å². The van der Waals surface area contributed by atoms with Crippen molar-refractivity contribution in [2.75, 3.05) is 14.2 Å². The predicted octanol–water partition coefficient (Wildman–Crippen LogP) is 4.47. The maximum absolute atomic E-state index is 12.8. The molecule has 0 fully saturated rings. The molecule has 1 aromatic heterocycles.